The Morgan fingerprint density at radius 2 is 1.50 bits per heavy atom. The molecule has 0 saturated carbocycles. The number of anilines is 2. The molecule has 0 spiro atoms. The molecule has 2 aliphatic rings. The van der Waals surface area contributed by atoms with Gasteiger partial charge in [0, 0.05) is 37.4 Å². The van der Waals surface area contributed by atoms with E-state index in [1.54, 1.807) is 17.0 Å². The quantitative estimate of drug-likeness (QED) is 0.430. The predicted octanol–water partition coefficient (Wildman–Crippen LogP) is 4.05. The summed E-state index contributed by atoms with van der Waals surface area (Å²) in [7, 11) is -4.10. The third-order valence-electron chi connectivity index (χ3n) is 7.27. The third kappa shape index (κ3) is 5.58. The first-order chi connectivity index (χ1) is 18.3. The molecule has 1 saturated heterocycles. The van der Waals surface area contributed by atoms with Crippen LogP contribution in [0.3, 0.4) is 0 Å². The van der Waals surface area contributed by atoms with Crippen molar-refractivity contribution in [2.75, 3.05) is 29.4 Å². The molecular weight excluding hydrogens is 502 g/mol. The molecule has 1 amide bonds. The number of nitrogens with one attached hydrogen (secondary N) is 1. The van der Waals surface area contributed by atoms with E-state index in [2.05, 4.69) is 21.8 Å². The van der Waals surface area contributed by atoms with Crippen molar-refractivity contribution in [1.29, 1.82) is 0 Å². The Morgan fingerprint density at radius 1 is 0.868 bits per heavy atom. The average molecular weight is 534 g/mol. The zero-order valence-corrected chi connectivity index (χ0v) is 21.9. The van der Waals surface area contributed by atoms with Crippen LogP contribution in [0.4, 0.5) is 11.4 Å². The summed E-state index contributed by atoms with van der Waals surface area (Å²) in [5, 5.41) is 9.66. The van der Waals surface area contributed by atoms with Crippen molar-refractivity contribution >= 4 is 33.3 Å². The monoisotopic (exact) mass is 533 g/mol. The number of aliphatic carboxylic acids is 1. The predicted molar refractivity (Wildman–Crippen MR) is 147 cm³/mol. The van der Waals surface area contributed by atoms with Gasteiger partial charge < -0.3 is 14.9 Å². The van der Waals surface area contributed by atoms with Crippen molar-refractivity contribution in [1.82, 2.24) is 4.72 Å². The standard InChI is InChI=1S/C29H31N3O5S/c33-28(32-20-17-23-5-1-2-6-27(23)32)16-15-26(29(34)35)30-38(36,37)25-13-9-22(10-14-25)21-7-11-24(12-8-21)31-18-3-4-19-31/h1-2,5-14,26,30H,3-4,15-20H2,(H,34,35)/t26-/m0/s1. The number of sulfonamides is 1. The number of hydrogen-bond donors (Lipinski definition) is 2. The number of para-hydroxylation sites is 1. The lowest BCUT2D eigenvalue weighted by Crippen LogP contribution is -2.41. The smallest absolute Gasteiger partial charge is 0.321 e. The van der Waals surface area contributed by atoms with E-state index in [0.29, 0.717) is 6.54 Å². The average Bonchev–Trinajstić information content (AvgIpc) is 3.62. The second kappa shape index (κ2) is 11.0. The highest BCUT2D eigenvalue weighted by Gasteiger charge is 2.29. The summed E-state index contributed by atoms with van der Waals surface area (Å²) in [6, 6.07) is 20.7. The molecule has 2 heterocycles. The first kappa shape index (κ1) is 25.9. The van der Waals surface area contributed by atoms with Gasteiger partial charge in [0.15, 0.2) is 0 Å². The van der Waals surface area contributed by atoms with Crippen LogP contribution in [0.15, 0.2) is 77.7 Å². The maximum absolute atomic E-state index is 13.0. The molecule has 0 unspecified atom stereocenters. The molecule has 8 nitrogen and oxygen atoms in total. The van der Waals surface area contributed by atoms with Crippen LogP contribution in [0.25, 0.3) is 11.1 Å². The van der Waals surface area contributed by atoms with E-state index in [4.69, 9.17) is 0 Å². The molecule has 3 aromatic rings. The van der Waals surface area contributed by atoms with Gasteiger partial charge in [-0.05, 0) is 72.7 Å². The summed E-state index contributed by atoms with van der Waals surface area (Å²) >= 11 is 0. The summed E-state index contributed by atoms with van der Waals surface area (Å²) in [5.74, 6) is -1.54. The van der Waals surface area contributed by atoms with Crippen LogP contribution >= 0.6 is 0 Å². The number of carbonyl (C=O) groups excluding carboxylic acids is 1. The van der Waals surface area contributed by atoms with E-state index in [0.717, 1.165) is 41.9 Å². The van der Waals surface area contributed by atoms with E-state index >= 15 is 0 Å². The molecule has 198 valence electrons. The molecule has 5 rings (SSSR count). The van der Waals surface area contributed by atoms with Crippen molar-refractivity contribution in [3.63, 3.8) is 0 Å². The summed E-state index contributed by atoms with van der Waals surface area (Å²) in [6.45, 7) is 2.67. The lowest BCUT2D eigenvalue weighted by Gasteiger charge is -2.19. The first-order valence-electron chi connectivity index (χ1n) is 12.9. The normalized spacial score (nSPS) is 15.9. The van der Waals surface area contributed by atoms with E-state index in [1.165, 1.54) is 30.7 Å². The molecule has 1 atom stereocenters. The lowest BCUT2D eigenvalue weighted by atomic mass is 10.1. The number of hydrogen-bond acceptors (Lipinski definition) is 5. The van der Waals surface area contributed by atoms with Crippen LogP contribution in [0.2, 0.25) is 0 Å². The highest BCUT2D eigenvalue weighted by atomic mass is 32.2. The Balaban J connectivity index is 1.22. The van der Waals surface area contributed by atoms with Crippen LogP contribution in [-0.2, 0) is 26.0 Å². The molecule has 1 fully saturated rings. The van der Waals surface area contributed by atoms with Gasteiger partial charge in [-0.3, -0.25) is 9.59 Å². The number of benzene rings is 3. The molecule has 2 N–H and O–H groups in total. The largest absolute Gasteiger partial charge is 0.480 e. The molecule has 0 aliphatic carbocycles. The zero-order chi connectivity index (χ0) is 26.7. The minimum absolute atomic E-state index is 0.0269. The van der Waals surface area contributed by atoms with Gasteiger partial charge >= 0.3 is 5.97 Å². The molecule has 9 heteroatoms. The molecular formula is C29H31N3O5S. The topological polar surface area (TPSA) is 107 Å². The minimum atomic E-state index is -4.10. The fourth-order valence-corrected chi connectivity index (χ4v) is 6.38. The Bertz CT molecular complexity index is 1420. The van der Waals surface area contributed by atoms with E-state index in [1.807, 2.05) is 36.4 Å². The van der Waals surface area contributed by atoms with Gasteiger partial charge in [0.2, 0.25) is 15.9 Å². The molecule has 0 radical (unpaired) electrons. The van der Waals surface area contributed by atoms with Crippen molar-refractivity contribution in [3.8, 4) is 11.1 Å². The van der Waals surface area contributed by atoms with Crippen LogP contribution < -0.4 is 14.5 Å². The summed E-state index contributed by atoms with van der Waals surface area (Å²) < 4.78 is 28.2. The molecule has 38 heavy (non-hydrogen) atoms. The van der Waals surface area contributed by atoms with Gasteiger partial charge in [0.1, 0.15) is 6.04 Å². The fourth-order valence-electron chi connectivity index (χ4n) is 5.15. The summed E-state index contributed by atoms with van der Waals surface area (Å²) in [5.41, 5.74) is 4.92. The number of amides is 1. The van der Waals surface area contributed by atoms with Crippen molar-refractivity contribution in [3.05, 3.63) is 78.4 Å². The van der Waals surface area contributed by atoms with Crippen LogP contribution in [0.1, 0.15) is 31.2 Å². The van der Waals surface area contributed by atoms with Gasteiger partial charge in [0.05, 0.1) is 4.90 Å². The third-order valence-corrected chi connectivity index (χ3v) is 8.75. The molecule has 0 bridgehead atoms. The van der Waals surface area contributed by atoms with Gasteiger partial charge in [-0.1, -0.05) is 42.5 Å². The van der Waals surface area contributed by atoms with Crippen LogP contribution in [0.5, 0.6) is 0 Å². The van der Waals surface area contributed by atoms with Crippen LogP contribution in [0, 0.1) is 0 Å². The number of carboxylic acids is 1. The molecule has 2 aliphatic heterocycles. The van der Waals surface area contributed by atoms with Crippen molar-refractivity contribution in [2.45, 2.75) is 43.0 Å². The van der Waals surface area contributed by atoms with Crippen LogP contribution in [-0.4, -0.2) is 51.1 Å². The Hall–Kier alpha value is -3.69. The number of carboxylic acid groups (broad SMARTS) is 1. The highest BCUT2D eigenvalue weighted by Crippen LogP contribution is 2.29. The molecule has 0 aromatic heterocycles. The van der Waals surface area contributed by atoms with Gasteiger partial charge in [-0.2, -0.15) is 4.72 Å². The van der Waals surface area contributed by atoms with Gasteiger partial charge in [-0.25, -0.2) is 8.42 Å². The van der Waals surface area contributed by atoms with Crippen molar-refractivity contribution in [2.24, 2.45) is 0 Å². The summed E-state index contributed by atoms with van der Waals surface area (Å²) in [4.78, 5) is 28.6. The maximum atomic E-state index is 13.0. The fraction of sp³-hybridized carbons (Fsp3) is 0.310. The van der Waals surface area contributed by atoms with Gasteiger partial charge in [-0.15, -0.1) is 0 Å². The second-order valence-corrected chi connectivity index (χ2v) is 11.5. The highest BCUT2D eigenvalue weighted by molar-refractivity contribution is 7.89. The Labute approximate surface area is 222 Å². The minimum Gasteiger partial charge on any atom is -0.480 e. The number of carbonyl (C=O) groups is 2. The number of nitrogens with zero attached hydrogens (tertiary/aromatic N) is 2. The second-order valence-electron chi connectivity index (χ2n) is 9.74. The van der Waals surface area contributed by atoms with Crippen molar-refractivity contribution < 1.29 is 23.1 Å². The SMILES string of the molecule is O=C(O)[C@H](CCC(=O)N1CCc2ccccc21)NS(=O)(=O)c1ccc(-c2ccc(N3CCCC3)cc2)cc1. The number of rotatable bonds is 9. The van der Waals surface area contributed by atoms with E-state index in [9.17, 15) is 23.1 Å². The van der Waals surface area contributed by atoms with E-state index < -0.39 is 22.0 Å². The van der Waals surface area contributed by atoms with Gasteiger partial charge in [0.25, 0.3) is 0 Å². The Kier molecular flexibility index (Phi) is 7.49. The van der Waals surface area contributed by atoms with E-state index in [-0.39, 0.29) is 23.6 Å². The summed E-state index contributed by atoms with van der Waals surface area (Å²) in [6.07, 6.45) is 2.93. The Morgan fingerprint density at radius 3 is 2.16 bits per heavy atom. The molecule has 3 aromatic carbocycles. The lowest BCUT2D eigenvalue weighted by molar-refractivity contribution is -0.139. The first-order valence-corrected chi connectivity index (χ1v) is 14.4. The maximum Gasteiger partial charge on any atom is 0.321 e. The zero-order valence-electron chi connectivity index (χ0n) is 21.0. The number of fused-ring (bicyclic) bond motifs is 1.